The van der Waals surface area contributed by atoms with Crippen LogP contribution in [-0.4, -0.2) is 40.3 Å². The summed E-state index contributed by atoms with van der Waals surface area (Å²) in [5, 5.41) is 2.92. The molecule has 0 bridgehead atoms. The van der Waals surface area contributed by atoms with Crippen LogP contribution in [0.25, 0.3) is 11.4 Å². The molecule has 1 N–H and O–H groups in total. The number of nitrogens with one attached hydrogen (secondary N) is 1. The number of halogens is 3. The van der Waals surface area contributed by atoms with Gasteiger partial charge in [0.15, 0.2) is 5.82 Å². The number of likely N-dealkylation sites (tertiary alicyclic amines) is 1. The van der Waals surface area contributed by atoms with Crippen molar-refractivity contribution in [1.82, 2.24) is 14.9 Å². The number of amides is 2. The van der Waals surface area contributed by atoms with E-state index in [9.17, 15) is 9.18 Å². The van der Waals surface area contributed by atoms with Gasteiger partial charge in [-0.15, -0.1) is 0 Å². The van der Waals surface area contributed by atoms with Gasteiger partial charge >= 0.3 is 6.03 Å². The fourth-order valence-electron chi connectivity index (χ4n) is 3.75. The van der Waals surface area contributed by atoms with Crippen molar-refractivity contribution in [2.45, 2.75) is 32.3 Å². The molecule has 7 nitrogen and oxygen atoms in total. The van der Waals surface area contributed by atoms with Crippen molar-refractivity contribution in [1.29, 1.82) is 0 Å². The van der Waals surface area contributed by atoms with Crippen LogP contribution in [0, 0.1) is 5.82 Å². The van der Waals surface area contributed by atoms with E-state index in [0.29, 0.717) is 33.4 Å². The fraction of sp³-hybridized carbons (Fsp3) is 0.280. The minimum absolute atomic E-state index is 0.0672. The SMILES string of the molecule is CC(Oc1cccc(-c2ncc(NC(=O)N=CN3CCCCC3)cn2)c1)c1c(Cl)ccc(F)c1Cl. The van der Waals surface area contributed by atoms with Crippen LogP contribution in [0.3, 0.4) is 0 Å². The van der Waals surface area contributed by atoms with Gasteiger partial charge in [0.25, 0.3) is 0 Å². The molecule has 3 aromatic rings. The molecule has 10 heteroatoms. The van der Waals surface area contributed by atoms with Gasteiger partial charge in [-0.05, 0) is 50.5 Å². The highest BCUT2D eigenvalue weighted by atomic mass is 35.5. The van der Waals surface area contributed by atoms with Gasteiger partial charge in [-0.1, -0.05) is 35.3 Å². The molecule has 2 amide bonds. The quantitative estimate of drug-likeness (QED) is 0.222. The fourth-order valence-corrected chi connectivity index (χ4v) is 4.43. The van der Waals surface area contributed by atoms with Crippen molar-refractivity contribution >= 4 is 41.3 Å². The van der Waals surface area contributed by atoms with Crippen molar-refractivity contribution in [3.8, 4) is 17.1 Å². The molecule has 0 saturated carbocycles. The summed E-state index contributed by atoms with van der Waals surface area (Å²) in [4.78, 5) is 26.7. The molecular formula is C25H24Cl2FN5O2. The highest BCUT2D eigenvalue weighted by Gasteiger charge is 2.19. The first kappa shape index (κ1) is 24.9. The molecule has 1 saturated heterocycles. The van der Waals surface area contributed by atoms with Gasteiger partial charge in [-0.25, -0.2) is 19.2 Å². The summed E-state index contributed by atoms with van der Waals surface area (Å²) in [7, 11) is 0. The molecule has 1 fully saturated rings. The molecule has 4 rings (SSSR count). The van der Waals surface area contributed by atoms with Gasteiger partial charge in [0.1, 0.15) is 17.7 Å². The number of carbonyl (C=O) groups excluding carboxylic acids is 1. The Labute approximate surface area is 213 Å². The molecule has 2 heterocycles. The topological polar surface area (TPSA) is 79.7 Å². The lowest BCUT2D eigenvalue weighted by molar-refractivity contribution is 0.226. The molecule has 0 aliphatic carbocycles. The monoisotopic (exact) mass is 515 g/mol. The Balaban J connectivity index is 1.41. The Morgan fingerprint density at radius 2 is 1.91 bits per heavy atom. The molecule has 2 aromatic carbocycles. The molecule has 0 radical (unpaired) electrons. The van der Waals surface area contributed by atoms with Gasteiger partial charge in [0, 0.05) is 29.2 Å². The first-order valence-electron chi connectivity index (χ1n) is 11.2. The maximum atomic E-state index is 13.9. The number of piperidine rings is 1. The van der Waals surface area contributed by atoms with E-state index in [1.165, 1.54) is 30.9 Å². The predicted octanol–water partition coefficient (Wildman–Crippen LogP) is 6.78. The first-order chi connectivity index (χ1) is 16.9. The first-order valence-corrected chi connectivity index (χ1v) is 12.0. The van der Waals surface area contributed by atoms with E-state index in [1.807, 2.05) is 11.0 Å². The second-order valence-electron chi connectivity index (χ2n) is 8.11. The summed E-state index contributed by atoms with van der Waals surface area (Å²) < 4.78 is 19.8. The zero-order chi connectivity index (χ0) is 24.8. The van der Waals surface area contributed by atoms with E-state index in [4.69, 9.17) is 27.9 Å². The lowest BCUT2D eigenvalue weighted by Crippen LogP contribution is -2.28. The van der Waals surface area contributed by atoms with Crippen LogP contribution < -0.4 is 10.1 Å². The van der Waals surface area contributed by atoms with Gasteiger partial charge in [-0.2, -0.15) is 4.99 Å². The van der Waals surface area contributed by atoms with Gasteiger partial charge < -0.3 is 15.0 Å². The van der Waals surface area contributed by atoms with Gasteiger partial charge in [0.05, 0.1) is 29.4 Å². The van der Waals surface area contributed by atoms with E-state index in [2.05, 4.69) is 20.3 Å². The Bertz CT molecular complexity index is 1220. The maximum absolute atomic E-state index is 13.9. The van der Waals surface area contributed by atoms with E-state index in [-0.39, 0.29) is 5.02 Å². The van der Waals surface area contributed by atoms with E-state index in [1.54, 1.807) is 31.5 Å². The smallest absolute Gasteiger partial charge is 0.346 e. The molecule has 1 atom stereocenters. The van der Waals surface area contributed by atoms with E-state index < -0.39 is 18.0 Å². The highest BCUT2D eigenvalue weighted by Crippen LogP contribution is 2.35. The minimum Gasteiger partial charge on any atom is -0.486 e. The lowest BCUT2D eigenvalue weighted by atomic mass is 10.1. The van der Waals surface area contributed by atoms with E-state index >= 15 is 0 Å². The Morgan fingerprint density at radius 3 is 2.66 bits per heavy atom. The van der Waals surface area contributed by atoms with Crippen LogP contribution in [0.4, 0.5) is 14.9 Å². The lowest BCUT2D eigenvalue weighted by Gasteiger charge is -2.23. The third kappa shape index (κ3) is 6.46. The van der Waals surface area contributed by atoms with Crippen molar-refractivity contribution in [3.63, 3.8) is 0 Å². The zero-order valence-electron chi connectivity index (χ0n) is 19.0. The number of aromatic nitrogens is 2. The third-order valence-electron chi connectivity index (χ3n) is 5.52. The number of rotatable bonds is 6. The average molecular weight is 516 g/mol. The normalized spacial score (nSPS) is 14.7. The summed E-state index contributed by atoms with van der Waals surface area (Å²) in [5.74, 6) is 0.396. The van der Waals surface area contributed by atoms with Crippen molar-refractivity contribution < 1.29 is 13.9 Å². The molecule has 35 heavy (non-hydrogen) atoms. The number of nitrogens with zero attached hydrogens (tertiary/aromatic N) is 4. The number of aliphatic imine (C=N–C) groups is 1. The molecule has 182 valence electrons. The molecule has 0 spiro atoms. The third-order valence-corrected chi connectivity index (χ3v) is 6.24. The summed E-state index contributed by atoms with van der Waals surface area (Å²) >= 11 is 12.3. The number of anilines is 1. The summed E-state index contributed by atoms with van der Waals surface area (Å²) in [6.45, 7) is 3.57. The van der Waals surface area contributed by atoms with Gasteiger partial charge in [-0.3, -0.25) is 0 Å². The summed E-state index contributed by atoms with van der Waals surface area (Å²) in [6.07, 6.45) is 7.45. The van der Waals surface area contributed by atoms with E-state index in [0.717, 1.165) is 25.9 Å². The number of hydrogen-bond donors (Lipinski definition) is 1. The Hall–Kier alpha value is -3.23. The van der Waals surface area contributed by atoms with Crippen LogP contribution in [0.15, 0.2) is 53.8 Å². The van der Waals surface area contributed by atoms with Crippen molar-refractivity contribution in [2.75, 3.05) is 18.4 Å². The molecule has 1 aromatic heterocycles. The molecule has 1 aliphatic heterocycles. The number of ether oxygens (including phenoxy) is 1. The second kappa shape index (κ2) is 11.5. The molecule has 1 aliphatic rings. The largest absolute Gasteiger partial charge is 0.486 e. The number of urea groups is 1. The molecular weight excluding hydrogens is 492 g/mol. The van der Waals surface area contributed by atoms with Gasteiger partial charge in [0.2, 0.25) is 0 Å². The second-order valence-corrected chi connectivity index (χ2v) is 8.90. The van der Waals surface area contributed by atoms with Crippen molar-refractivity contribution in [3.05, 3.63) is 70.2 Å². The van der Waals surface area contributed by atoms with Crippen LogP contribution in [0.1, 0.15) is 37.9 Å². The zero-order valence-corrected chi connectivity index (χ0v) is 20.6. The Kier molecular flexibility index (Phi) is 8.15. The number of benzene rings is 2. The average Bonchev–Trinajstić information content (AvgIpc) is 2.86. The predicted molar refractivity (Wildman–Crippen MR) is 136 cm³/mol. The summed E-state index contributed by atoms with van der Waals surface area (Å²) in [5.41, 5.74) is 1.51. The number of hydrogen-bond acceptors (Lipinski definition) is 4. The maximum Gasteiger partial charge on any atom is 0.346 e. The standard InChI is InChI=1S/C25H24Cl2FN5O2/c1-16(22-20(26)8-9-21(28)23(22)27)35-19-7-5-6-17(12-19)24-29-13-18(14-30-24)32-25(34)31-15-33-10-3-2-4-11-33/h5-9,12-16H,2-4,10-11H2,1H3,(H,32,34). The van der Waals surface area contributed by atoms with Crippen LogP contribution in [0.2, 0.25) is 10.0 Å². The number of carbonyl (C=O) groups is 1. The molecule has 1 unspecified atom stereocenters. The van der Waals surface area contributed by atoms with Crippen LogP contribution in [-0.2, 0) is 0 Å². The van der Waals surface area contributed by atoms with Crippen LogP contribution in [0.5, 0.6) is 5.75 Å². The highest BCUT2D eigenvalue weighted by molar-refractivity contribution is 6.36. The minimum atomic E-state index is -0.593. The summed E-state index contributed by atoms with van der Waals surface area (Å²) in [6, 6.07) is 9.32. The van der Waals surface area contributed by atoms with Crippen LogP contribution >= 0.6 is 23.2 Å². The van der Waals surface area contributed by atoms with Crippen molar-refractivity contribution in [2.24, 2.45) is 4.99 Å². The Morgan fingerprint density at radius 1 is 1.17 bits per heavy atom.